The van der Waals surface area contributed by atoms with E-state index in [4.69, 9.17) is 34.4 Å². The summed E-state index contributed by atoms with van der Waals surface area (Å²) in [4.78, 5) is 0. The van der Waals surface area contributed by atoms with Gasteiger partial charge in [0.1, 0.15) is 0 Å². The molecule has 1 radical (unpaired) electrons. The van der Waals surface area contributed by atoms with Crippen LogP contribution in [0.4, 0.5) is 0 Å². The van der Waals surface area contributed by atoms with E-state index in [9.17, 15) is 0 Å². The molecule has 0 aromatic heterocycles. The summed E-state index contributed by atoms with van der Waals surface area (Å²) in [6.07, 6.45) is 2.12. The van der Waals surface area contributed by atoms with Gasteiger partial charge in [0.2, 0.25) is 0 Å². The Bertz CT molecular complexity index is 110. The summed E-state index contributed by atoms with van der Waals surface area (Å²) >= 11 is 0. The molecule has 3 atom stereocenters. The molecule has 0 fully saturated rings. The Morgan fingerprint density at radius 3 is 0.737 bits per heavy atom. The van der Waals surface area contributed by atoms with Crippen LogP contribution in [-0.2, 0) is 16.8 Å². The fraction of sp³-hybridized carbons (Fsp3) is 1.00. The molecule has 0 aliphatic carbocycles. The molecule has 0 saturated carbocycles. The molecule has 0 heterocycles. The van der Waals surface area contributed by atoms with Crippen molar-refractivity contribution >= 4 is 0 Å². The smallest absolute Gasteiger partial charge is 0.677 e. The van der Waals surface area contributed by atoms with Gasteiger partial charge in [-0.05, 0) is 0 Å². The summed E-state index contributed by atoms with van der Waals surface area (Å²) in [5.74, 6) is 0. The molecule has 3 unspecified atom stereocenters. The Morgan fingerprint density at radius 1 is 0.579 bits per heavy atom. The minimum Gasteiger partial charge on any atom is -0.677 e. The van der Waals surface area contributed by atoms with Crippen LogP contribution in [0.1, 0.15) is 40.0 Å². The zero-order chi connectivity index (χ0) is 15.0. The molecule has 0 rings (SSSR count). The van der Waals surface area contributed by atoms with Crippen molar-refractivity contribution in [3.05, 3.63) is 34.4 Å². The molecule has 0 saturated heterocycles. The predicted molar refractivity (Wildman–Crippen MR) is 82.8 cm³/mol. The molecule has 0 aromatic carbocycles. The fourth-order valence-electron chi connectivity index (χ4n) is 0.650. The van der Waals surface area contributed by atoms with Gasteiger partial charge in [0.25, 0.3) is 0 Å². The van der Waals surface area contributed by atoms with E-state index in [1.54, 1.807) is 20.8 Å². The van der Waals surface area contributed by atoms with E-state index in [0.717, 1.165) is 0 Å². The molecule has 0 spiro atoms. The number of hydrogen-bond donors (Lipinski definition) is 0. The van der Waals surface area contributed by atoms with Gasteiger partial charge in [0.15, 0.2) is 0 Å². The summed E-state index contributed by atoms with van der Waals surface area (Å²) in [6.45, 7) is 6.58. The largest absolute Gasteiger partial charge is 2.00 e. The third-order valence-corrected chi connectivity index (χ3v) is 1.73. The first-order valence-corrected chi connectivity index (χ1v) is 6.38. The minimum absolute atomic E-state index is 0. The normalized spacial score (nSPS) is 13.7. The Labute approximate surface area is 129 Å². The molecule has 0 aliphatic heterocycles. The Balaban J connectivity index is -0.0000000865. The molecule has 19 heavy (non-hydrogen) atoms. The van der Waals surface area contributed by atoms with Crippen molar-refractivity contribution in [2.75, 3.05) is 19.6 Å². The van der Waals surface area contributed by atoms with Gasteiger partial charge >= 0.3 is 16.8 Å². The zero-order valence-electron chi connectivity index (χ0n) is 12.3. The van der Waals surface area contributed by atoms with Crippen molar-refractivity contribution in [3.63, 3.8) is 0 Å². The van der Waals surface area contributed by atoms with E-state index in [2.05, 4.69) is 0 Å². The average molecular weight is 317 g/mol. The molecule has 0 aromatic rings. The first-order chi connectivity index (χ1) is 8.31. The first-order valence-electron chi connectivity index (χ1n) is 6.38. The molecule has 0 amide bonds. The molecular formula is C12H30CoN6-4. The standard InChI is InChI=1S/3C4H10N2.Co/c3*1-4(6)2-3-5;/h3*4-6H,2-3H2,1H3;/q3*-2;+2. The maximum Gasteiger partial charge on any atom is 2.00 e. The van der Waals surface area contributed by atoms with Gasteiger partial charge in [-0.1, -0.05) is 40.0 Å². The number of hydrogen-bond acceptors (Lipinski definition) is 0. The number of rotatable bonds is 6. The monoisotopic (exact) mass is 317 g/mol. The van der Waals surface area contributed by atoms with Crippen LogP contribution in [0.25, 0.3) is 34.4 Å². The predicted octanol–water partition coefficient (Wildman–Crippen LogP) is 5.61. The van der Waals surface area contributed by atoms with Crippen molar-refractivity contribution in [2.45, 2.75) is 58.2 Å². The van der Waals surface area contributed by atoms with E-state index in [-0.39, 0.29) is 34.9 Å². The van der Waals surface area contributed by atoms with Crippen LogP contribution < -0.4 is 0 Å². The molecule has 6 nitrogen and oxygen atoms in total. The van der Waals surface area contributed by atoms with Crippen molar-refractivity contribution in [1.29, 1.82) is 0 Å². The topological polar surface area (TPSA) is 143 Å². The van der Waals surface area contributed by atoms with E-state index < -0.39 is 0 Å². The maximum atomic E-state index is 6.86. The summed E-state index contributed by atoms with van der Waals surface area (Å²) < 4.78 is 0. The van der Waals surface area contributed by atoms with Gasteiger partial charge in [-0.15, -0.1) is 18.1 Å². The molecule has 7 heteroatoms. The van der Waals surface area contributed by atoms with Crippen LogP contribution in [0, 0.1) is 0 Å². The second-order valence-corrected chi connectivity index (χ2v) is 4.32. The van der Waals surface area contributed by atoms with E-state index in [0.29, 0.717) is 38.9 Å². The molecular weight excluding hydrogens is 287 g/mol. The molecule has 6 N–H and O–H groups in total. The summed E-state index contributed by atoms with van der Waals surface area (Å²) in [7, 11) is 0. The summed E-state index contributed by atoms with van der Waals surface area (Å²) in [5, 5.41) is 0. The average Bonchev–Trinajstić information content (AvgIpc) is 2.18. The van der Waals surface area contributed by atoms with Gasteiger partial charge < -0.3 is 34.4 Å². The summed E-state index contributed by atoms with van der Waals surface area (Å²) in [5.41, 5.74) is 40.4. The van der Waals surface area contributed by atoms with E-state index >= 15 is 0 Å². The van der Waals surface area contributed by atoms with Crippen molar-refractivity contribution in [1.82, 2.24) is 0 Å². The second kappa shape index (κ2) is 23.4. The first kappa shape index (κ1) is 27.6. The number of nitrogens with one attached hydrogen (secondary N) is 6. The third-order valence-electron chi connectivity index (χ3n) is 1.73. The van der Waals surface area contributed by atoms with Gasteiger partial charge in [-0.2, -0.15) is 19.6 Å². The van der Waals surface area contributed by atoms with Crippen molar-refractivity contribution < 1.29 is 16.8 Å². The Morgan fingerprint density at radius 2 is 0.737 bits per heavy atom. The van der Waals surface area contributed by atoms with Crippen LogP contribution in [0.2, 0.25) is 0 Å². The summed E-state index contributed by atoms with van der Waals surface area (Å²) in [6, 6.07) is -0.118. The van der Waals surface area contributed by atoms with Gasteiger partial charge in [0, 0.05) is 0 Å². The van der Waals surface area contributed by atoms with Gasteiger partial charge in [0.05, 0.1) is 0 Å². The van der Waals surface area contributed by atoms with Crippen LogP contribution in [0.5, 0.6) is 0 Å². The SMILES string of the molecule is CC([NH-])CC[NH-].CC([NH-])CC[NH-].CC([NH-])CC[NH-].[Co+2]. The van der Waals surface area contributed by atoms with Crippen molar-refractivity contribution in [2.24, 2.45) is 0 Å². The van der Waals surface area contributed by atoms with Crippen LogP contribution in [0.3, 0.4) is 0 Å². The molecule has 0 aliphatic rings. The third kappa shape index (κ3) is 56.3. The molecule has 121 valence electrons. The van der Waals surface area contributed by atoms with E-state index in [1.807, 2.05) is 0 Å². The Hall–Kier alpha value is 0.266. The quantitative estimate of drug-likeness (QED) is 0.600. The van der Waals surface area contributed by atoms with Gasteiger partial charge in [-0.3, -0.25) is 0 Å². The van der Waals surface area contributed by atoms with Crippen LogP contribution >= 0.6 is 0 Å². The maximum absolute atomic E-state index is 6.86. The Kier molecular flexibility index (Phi) is 33.9. The zero-order valence-corrected chi connectivity index (χ0v) is 13.3. The fourth-order valence-corrected chi connectivity index (χ4v) is 0.650. The minimum atomic E-state index is -0.0394. The van der Waals surface area contributed by atoms with Crippen molar-refractivity contribution in [3.8, 4) is 0 Å². The molecule has 0 bridgehead atoms. The van der Waals surface area contributed by atoms with Gasteiger partial charge in [-0.25, -0.2) is 0 Å². The van der Waals surface area contributed by atoms with Crippen LogP contribution in [-0.4, -0.2) is 37.8 Å². The van der Waals surface area contributed by atoms with E-state index in [1.165, 1.54) is 0 Å². The second-order valence-electron chi connectivity index (χ2n) is 4.32. The van der Waals surface area contributed by atoms with Crippen LogP contribution in [0.15, 0.2) is 0 Å².